The first-order chi connectivity index (χ1) is 9.72. The Balaban J connectivity index is 2.28. The number of anilines is 1. The summed E-state index contributed by atoms with van der Waals surface area (Å²) in [5.41, 5.74) is 1.09. The normalized spacial score (nSPS) is 10.3. The van der Waals surface area contributed by atoms with Gasteiger partial charge in [-0.25, -0.2) is 4.98 Å². The van der Waals surface area contributed by atoms with Crippen molar-refractivity contribution in [1.29, 1.82) is 0 Å². The number of nitrogens with one attached hydrogen (secondary N) is 1. The molecule has 0 amide bonds. The van der Waals surface area contributed by atoms with Gasteiger partial charge >= 0.3 is 0 Å². The molecule has 4 heteroatoms. The van der Waals surface area contributed by atoms with Gasteiger partial charge in [-0.3, -0.25) is 0 Å². The predicted octanol–water partition coefficient (Wildman–Crippen LogP) is 3.96. The average molecular weight is 271 g/mol. The maximum atomic E-state index is 5.89. The molecule has 0 radical (unpaired) electrons. The van der Waals surface area contributed by atoms with Gasteiger partial charge in [-0.15, -0.1) is 0 Å². The molecule has 0 bridgehead atoms. The first kappa shape index (κ1) is 14.3. The molecule has 4 nitrogen and oxygen atoms in total. The number of benzene rings is 1. The second-order valence-corrected chi connectivity index (χ2v) is 4.66. The maximum absolute atomic E-state index is 5.89. The van der Waals surface area contributed by atoms with Crippen molar-refractivity contribution in [2.24, 2.45) is 0 Å². The van der Waals surface area contributed by atoms with Crippen LogP contribution in [0.2, 0.25) is 0 Å². The number of nitrogens with zero attached hydrogens (tertiary/aromatic N) is 2. The van der Waals surface area contributed by atoms with Crippen molar-refractivity contribution in [3.05, 3.63) is 41.7 Å². The quantitative estimate of drug-likeness (QED) is 0.863. The number of hydrogen-bond acceptors (Lipinski definition) is 4. The third kappa shape index (κ3) is 3.70. The highest BCUT2D eigenvalue weighted by atomic mass is 16.5. The fourth-order valence-corrected chi connectivity index (χ4v) is 1.92. The molecule has 0 aliphatic heterocycles. The third-order valence-electron chi connectivity index (χ3n) is 2.89. The van der Waals surface area contributed by atoms with Crippen molar-refractivity contribution in [1.82, 2.24) is 9.97 Å². The second kappa shape index (κ2) is 6.89. The molecule has 1 aromatic carbocycles. The highest BCUT2D eigenvalue weighted by molar-refractivity contribution is 5.41. The van der Waals surface area contributed by atoms with E-state index in [0.717, 1.165) is 42.3 Å². The lowest BCUT2D eigenvalue weighted by Crippen LogP contribution is -2.05. The van der Waals surface area contributed by atoms with Crippen LogP contribution in [0.25, 0.3) is 0 Å². The summed E-state index contributed by atoms with van der Waals surface area (Å²) in [6.45, 7) is 7.01. The van der Waals surface area contributed by atoms with Crippen LogP contribution < -0.4 is 10.1 Å². The molecule has 0 fully saturated rings. The summed E-state index contributed by atoms with van der Waals surface area (Å²) < 4.78 is 5.89. The summed E-state index contributed by atoms with van der Waals surface area (Å²) >= 11 is 0. The molecule has 106 valence electrons. The third-order valence-corrected chi connectivity index (χ3v) is 2.89. The largest absolute Gasteiger partial charge is 0.439 e. The smallest absolute Gasteiger partial charge is 0.224 e. The van der Waals surface area contributed by atoms with Crippen LogP contribution in [0.15, 0.2) is 30.3 Å². The van der Waals surface area contributed by atoms with Gasteiger partial charge in [0.1, 0.15) is 17.4 Å². The SMILES string of the molecule is CCCc1nc(NCC)cc(Oc2ccccc2C)n1. The minimum atomic E-state index is 0.591. The number of para-hydroxylation sites is 1. The zero-order valence-corrected chi connectivity index (χ0v) is 12.3. The highest BCUT2D eigenvalue weighted by Crippen LogP contribution is 2.24. The van der Waals surface area contributed by atoms with E-state index < -0.39 is 0 Å². The Bertz CT molecular complexity index is 545. The second-order valence-electron chi connectivity index (χ2n) is 4.66. The van der Waals surface area contributed by atoms with E-state index in [-0.39, 0.29) is 0 Å². The van der Waals surface area contributed by atoms with Crippen LogP contribution in [-0.2, 0) is 6.42 Å². The zero-order chi connectivity index (χ0) is 14.4. The van der Waals surface area contributed by atoms with Crippen LogP contribution in [0.3, 0.4) is 0 Å². The Morgan fingerprint density at radius 2 is 1.95 bits per heavy atom. The van der Waals surface area contributed by atoms with Crippen molar-refractivity contribution in [3.63, 3.8) is 0 Å². The summed E-state index contributed by atoms with van der Waals surface area (Å²) in [4.78, 5) is 8.94. The molecule has 1 heterocycles. The number of aromatic nitrogens is 2. The van der Waals surface area contributed by atoms with Gasteiger partial charge < -0.3 is 10.1 Å². The Kier molecular flexibility index (Phi) is 4.93. The van der Waals surface area contributed by atoms with E-state index in [4.69, 9.17) is 4.74 Å². The molecule has 0 aliphatic carbocycles. The molecule has 20 heavy (non-hydrogen) atoms. The molecule has 0 saturated heterocycles. The van der Waals surface area contributed by atoms with Crippen LogP contribution in [0, 0.1) is 6.92 Å². The number of aryl methyl sites for hydroxylation is 2. The van der Waals surface area contributed by atoms with Crippen molar-refractivity contribution < 1.29 is 4.74 Å². The Morgan fingerprint density at radius 1 is 1.15 bits per heavy atom. The fourth-order valence-electron chi connectivity index (χ4n) is 1.92. The Hall–Kier alpha value is -2.10. The molecule has 2 aromatic rings. The molecular formula is C16H21N3O. The minimum Gasteiger partial charge on any atom is -0.439 e. The van der Waals surface area contributed by atoms with Crippen molar-refractivity contribution in [2.75, 3.05) is 11.9 Å². The van der Waals surface area contributed by atoms with Crippen LogP contribution in [0.5, 0.6) is 11.6 Å². The zero-order valence-electron chi connectivity index (χ0n) is 12.3. The first-order valence-corrected chi connectivity index (χ1v) is 7.08. The van der Waals surface area contributed by atoms with E-state index in [1.54, 1.807) is 0 Å². The summed E-state index contributed by atoms with van der Waals surface area (Å²) in [5.74, 6) is 3.05. The molecule has 1 aromatic heterocycles. The van der Waals surface area contributed by atoms with Crippen molar-refractivity contribution in [3.8, 4) is 11.6 Å². The molecule has 0 spiro atoms. The average Bonchev–Trinajstić information content (AvgIpc) is 2.42. The summed E-state index contributed by atoms with van der Waals surface area (Å²) in [5, 5.41) is 3.22. The standard InChI is InChI=1S/C16H21N3O/c1-4-8-14-18-15(17-5-2)11-16(19-14)20-13-10-7-6-9-12(13)3/h6-7,9-11H,4-5,8H2,1-3H3,(H,17,18,19). The van der Waals surface area contributed by atoms with Crippen molar-refractivity contribution in [2.45, 2.75) is 33.6 Å². The van der Waals surface area contributed by atoms with Crippen LogP contribution in [0.4, 0.5) is 5.82 Å². The van der Waals surface area contributed by atoms with Crippen molar-refractivity contribution >= 4 is 5.82 Å². The lowest BCUT2D eigenvalue weighted by molar-refractivity contribution is 0.455. The molecule has 1 N–H and O–H groups in total. The van der Waals surface area contributed by atoms with Crippen LogP contribution in [0.1, 0.15) is 31.7 Å². The van der Waals surface area contributed by atoms with Gasteiger partial charge in [0.15, 0.2) is 0 Å². The summed E-state index contributed by atoms with van der Waals surface area (Å²) in [6, 6.07) is 9.77. The summed E-state index contributed by atoms with van der Waals surface area (Å²) in [7, 11) is 0. The molecule has 0 saturated carbocycles. The monoisotopic (exact) mass is 271 g/mol. The van der Waals surface area contributed by atoms with E-state index in [1.807, 2.05) is 44.2 Å². The van der Waals surface area contributed by atoms with E-state index >= 15 is 0 Å². The van der Waals surface area contributed by atoms with E-state index in [9.17, 15) is 0 Å². The maximum Gasteiger partial charge on any atom is 0.224 e. The lowest BCUT2D eigenvalue weighted by Gasteiger charge is -2.11. The van der Waals surface area contributed by atoms with Gasteiger partial charge in [0.2, 0.25) is 5.88 Å². The predicted molar refractivity (Wildman–Crippen MR) is 81.4 cm³/mol. The highest BCUT2D eigenvalue weighted by Gasteiger charge is 2.07. The molecule has 0 unspecified atom stereocenters. The fraction of sp³-hybridized carbons (Fsp3) is 0.375. The van der Waals surface area contributed by atoms with Gasteiger partial charge in [-0.2, -0.15) is 4.98 Å². The molecular weight excluding hydrogens is 250 g/mol. The molecule has 2 rings (SSSR count). The van der Waals surface area contributed by atoms with Gasteiger partial charge in [0.25, 0.3) is 0 Å². The lowest BCUT2D eigenvalue weighted by atomic mass is 10.2. The van der Waals surface area contributed by atoms with Crippen LogP contribution >= 0.6 is 0 Å². The van der Waals surface area contributed by atoms with Gasteiger partial charge in [-0.05, 0) is 31.9 Å². The van der Waals surface area contributed by atoms with E-state index in [2.05, 4.69) is 22.2 Å². The van der Waals surface area contributed by atoms with Gasteiger partial charge in [-0.1, -0.05) is 25.1 Å². The number of rotatable bonds is 6. The first-order valence-electron chi connectivity index (χ1n) is 7.08. The van der Waals surface area contributed by atoms with E-state index in [1.165, 1.54) is 0 Å². The van der Waals surface area contributed by atoms with E-state index in [0.29, 0.717) is 5.88 Å². The summed E-state index contributed by atoms with van der Waals surface area (Å²) in [6.07, 6.45) is 1.86. The minimum absolute atomic E-state index is 0.591. The van der Waals surface area contributed by atoms with Gasteiger partial charge in [0, 0.05) is 19.0 Å². The van der Waals surface area contributed by atoms with Gasteiger partial charge in [0.05, 0.1) is 0 Å². The number of ether oxygens (including phenoxy) is 1. The Morgan fingerprint density at radius 3 is 2.65 bits per heavy atom. The van der Waals surface area contributed by atoms with Crippen LogP contribution in [-0.4, -0.2) is 16.5 Å². The topological polar surface area (TPSA) is 47.0 Å². The Labute approximate surface area is 120 Å². The number of hydrogen-bond donors (Lipinski definition) is 1. The molecule has 0 atom stereocenters. The molecule has 0 aliphatic rings.